The summed E-state index contributed by atoms with van der Waals surface area (Å²) >= 11 is 6.27. The van der Waals surface area contributed by atoms with Gasteiger partial charge in [-0.05, 0) is 48.6 Å². The molecule has 4 rings (SSSR count). The molecule has 0 saturated carbocycles. The van der Waals surface area contributed by atoms with Gasteiger partial charge in [0.25, 0.3) is 5.56 Å². The average Bonchev–Trinajstić information content (AvgIpc) is 3.34. The summed E-state index contributed by atoms with van der Waals surface area (Å²) in [7, 11) is 0. The highest BCUT2D eigenvalue weighted by molar-refractivity contribution is 6.31. The molecule has 0 radical (unpaired) electrons. The number of pyridine rings is 1. The molecule has 13 heteroatoms. The molecule has 0 saturated heterocycles. The molecular weight excluding hydrogens is 543 g/mol. The van der Waals surface area contributed by atoms with Crippen molar-refractivity contribution < 1.29 is 37.7 Å². The first-order valence-corrected chi connectivity index (χ1v) is 12.2. The van der Waals surface area contributed by atoms with Crippen LogP contribution in [0.3, 0.4) is 0 Å². The number of aliphatic carboxylic acids is 1. The molecule has 0 aliphatic heterocycles. The Bertz CT molecular complexity index is 1470. The van der Waals surface area contributed by atoms with E-state index in [2.05, 4.69) is 15.4 Å². The van der Waals surface area contributed by atoms with Gasteiger partial charge in [0, 0.05) is 16.3 Å². The molecule has 1 aromatic heterocycles. The van der Waals surface area contributed by atoms with Crippen molar-refractivity contribution in [2.24, 2.45) is 0 Å². The number of ether oxygens (including phenoxy) is 1. The number of alkyl halides is 3. The Morgan fingerprint density at radius 3 is 2.56 bits per heavy atom. The van der Waals surface area contributed by atoms with Gasteiger partial charge in [-0.25, -0.2) is 4.79 Å². The van der Waals surface area contributed by atoms with E-state index in [-0.39, 0.29) is 12.1 Å². The number of hydrogen-bond donors (Lipinski definition) is 4. The molecule has 9 nitrogen and oxygen atoms in total. The van der Waals surface area contributed by atoms with E-state index < -0.39 is 53.6 Å². The molecule has 1 atom stereocenters. The minimum Gasteiger partial charge on any atom is -0.505 e. The number of amides is 2. The Balaban J connectivity index is 1.63. The number of aromatic nitrogens is 1. The molecule has 4 N–H and O–H groups in total. The minimum atomic E-state index is -4.97. The number of anilines is 1. The van der Waals surface area contributed by atoms with Crippen LogP contribution >= 0.6 is 11.6 Å². The number of fused-ring (bicyclic) bond motifs is 1. The van der Waals surface area contributed by atoms with E-state index in [9.17, 15) is 37.8 Å². The third kappa shape index (κ3) is 6.63. The molecule has 1 aliphatic rings. The summed E-state index contributed by atoms with van der Waals surface area (Å²) in [4.78, 5) is 37.8. The van der Waals surface area contributed by atoms with Crippen LogP contribution in [0.25, 0.3) is 0 Å². The van der Waals surface area contributed by atoms with E-state index in [1.807, 2.05) is 0 Å². The number of halogens is 4. The maximum atomic E-state index is 13.4. The van der Waals surface area contributed by atoms with Gasteiger partial charge in [-0.15, -0.1) is 13.2 Å². The number of carbonyl (C=O) groups excluding carboxylic acids is 1. The molecule has 0 bridgehead atoms. The Morgan fingerprint density at radius 1 is 1.13 bits per heavy atom. The smallest absolute Gasteiger partial charge is 0.505 e. The number of rotatable bonds is 8. The predicted molar refractivity (Wildman–Crippen MR) is 135 cm³/mol. The Hall–Kier alpha value is -4.19. The highest BCUT2D eigenvalue weighted by Crippen LogP contribution is 2.34. The standard InChI is InChI=1S/C26H23ClF3N3O6/c27-18-9-2-1-5-15(18)13-33-20-10-4-8-17(20)23(36)22(24(33)37)32-25(38)31-19(12-21(34)35)14-6-3-7-16(11-14)39-26(28,29)30/h1-3,5-7,9,11,19,36H,4,8,10,12-13H2,(H,34,35)(H2,31,32,38)/t19-/m0/s1. The molecule has 1 heterocycles. The van der Waals surface area contributed by atoms with E-state index in [4.69, 9.17) is 11.6 Å². The van der Waals surface area contributed by atoms with Crippen LogP contribution < -0.4 is 20.9 Å². The van der Waals surface area contributed by atoms with E-state index >= 15 is 0 Å². The molecule has 2 amide bonds. The second-order valence-electron chi connectivity index (χ2n) is 8.85. The highest BCUT2D eigenvalue weighted by Gasteiger charge is 2.32. The maximum absolute atomic E-state index is 13.4. The van der Waals surface area contributed by atoms with Gasteiger partial charge in [0.15, 0.2) is 5.69 Å². The first-order chi connectivity index (χ1) is 18.4. The zero-order chi connectivity index (χ0) is 28.3. The average molecular weight is 566 g/mol. The molecule has 0 spiro atoms. The number of nitrogens with one attached hydrogen (secondary N) is 2. The van der Waals surface area contributed by atoms with Crippen LogP contribution in [0.4, 0.5) is 23.7 Å². The third-order valence-electron chi connectivity index (χ3n) is 6.20. The molecular formula is C26H23ClF3N3O6. The van der Waals surface area contributed by atoms with Crippen molar-refractivity contribution in [3.8, 4) is 11.5 Å². The number of carbonyl (C=O) groups is 2. The van der Waals surface area contributed by atoms with Gasteiger partial charge in [-0.1, -0.05) is 41.9 Å². The molecule has 39 heavy (non-hydrogen) atoms. The fraction of sp³-hybridized carbons (Fsp3) is 0.269. The van der Waals surface area contributed by atoms with Crippen LogP contribution in [-0.4, -0.2) is 33.1 Å². The topological polar surface area (TPSA) is 130 Å². The van der Waals surface area contributed by atoms with Crippen LogP contribution in [-0.2, 0) is 24.2 Å². The summed E-state index contributed by atoms with van der Waals surface area (Å²) in [5.74, 6) is -2.34. The monoisotopic (exact) mass is 565 g/mol. The van der Waals surface area contributed by atoms with Gasteiger partial charge in [0.1, 0.15) is 11.5 Å². The van der Waals surface area contributed by atoms with Gasteiger partial charge in [-0.3, -0.25) is 9.59 Å². The van der Waals surface area contributed by atoms with E-state index in [0.29, 0.717) is 41.1 Å². The molecule has 0 unspecified atom stereocenters. The van der Waals surface area contributed by atoms with Crippen LogP contribution in [0.1, 0.15) is 41.3 Å². The van der Waals surface area contributed by atoms with E-state index in [0.717, 1.165) is 12.1 Å². The van der Waals surface area contributed by atoms with Crippen molar-refractivity contribution >= 4 is 29.3 Å². The van der Waals surface area contributed by atoms with Crippen molar-refractivity contribution in [2.75, 3.05) is 5.32 Å². The van der Waals surface area contributed by atoms with Gasteiger partial charge in [-0.2, -0.15) is 0 Å². The van der Waals surface area contributed by atoms with Crippen LogP contribution in [0, 0.1) is 0 Å². The van der Waals surface area contributed by atoms with Crippen LogP contribution in [0.15, 0.2) is 53.3 Å². The minimum absolute atomic E-state index is 0.0172. The van der Waals surface area contributed by atoms with Crippen molar-refractivity contribution in [1.29, 1.82) is 0 Å². The van der Waals surface area contributed by atoms with Crippen molar-refractivity contribution in [1.82, 2.24) is 9.88 Å². The summed E-state index contributed by atoms with van der Waals surface area (Å²) < 4.78 is 43.2. The Morgan fingerprint density at radius 2 is 1.87 bits per heavy atom. The van der Waals surface area contributed by atoms with Crippen molar-refractivity contribution in [2.45, 2.75) is 44.6 Å². The maximum Gasteiger partial charge on any atom is 0.573 e. The molecule has 2 aromatic carbocycles. The second kappa shape index (κ2) is 11.3. The Labute approximate surface area is 224 Å². The molecule has 206 valence electrons. The number of nitrogens with zero attached hydrogens (tertiary/aromatic N) is 1. The summed E-state index contributed by atoms with van der Waals surface area (Å²) in [5.41, 5.74) is 0.675. The quantitative estimate of drug-likeness (QED) is 0.305. The van der Waals surface area contributed by atoms with Crippen LogP contribution in [0.2, 0.25) is 5.02 Å². The van der Waals surface area contributed by atoms with Gasteiger partial charge >= 0.3 is 18.4 Å². The van der Waals surface area contributed by atoms with Gasteiger partial charge in [0.05, 0.1) is 19.0 Å². The third-order valence-corrected chi connectivity index (χ3v) is 6.57. The normalized spacial score (nSPS) is 13.4. The SMILES string of the molecule is O=C(O)C[C@H](NC(=O)Nc1c(O)c2c(n(Cc3ccccc3Cl)c1=O)CCC2)c1cccc(OC(F)(F)F)c1. The summed E-state index contributed by atoms with van der Waals surface area (Å²) in [6, 6.07) is 9.10. The van der Waals surface area contributed by atoms with E-state index in [1.165, 1.54) is 16.7 Å². The first-order valence-electron chi connectivity index (χ1n) is 11.8. The van der Waals surface area contributed by atoms with Gasteiger partial charge < -0.3 is 30.2 Å². The summed E-state index contributed by atoms with van der Waals surface area (Å²) in [6.07, 6.45) is -3.98. The lowest BCUT2D eigenvalue weighted by molar-refractivity contribution is -0.274. The first kappa shape index (κ1) is 27.8. The zero-order valence-corrected chi connectivity index (χ0v) is 21.0. The summed E-state index contributed by atoms with van der Waals surface area (Å²) in [6.45, 7) is 0.0883. The highest BCUT2D eigenvalue weighted by atomic mass is 35.5. The number of hydrogen-bond acceptors (Lipinski definition) is 5. The van der Waals surface area contributed by atoms with Crippen LogP contribution in [0.5, 0.6) is 11.5 Å². The van der Waals surface area contributed by atoms with E-state index in [1.54, 1.807) is 24.3 Å². The van der Waals surface area contributed by atoms with Crippen molar-refractivity contribution in [3.63, 3.8) is 0 Å². The number of carboxylic acids is 1. The lowest BCUT2D eigenvalue weighted by atomic mass is 10.0. The zero-order valence-electron chi connectivity index (χ0n) is 20.2. The molecule has 1 aliphatic carbocycles. The lowest BCUT2D eigenvalue weighted by Gasteiger charge is -2.21. The lowest BCUT2D eigenvalue weighted by Crippen LogP contribution is -2.37. The van der Waals surface area contributed by atoms with Gasteiger partial charge in [0.2, 0.25) is 0 Å². The fourth-order valence-corrected chi connectivity index (χ4v) is 4.73. The molecule has 3 aromatic rings. The number of urea groups is 1. The largest absolute Gasteiger partial charge is 0.573 e. The predicted octanol–water partition coefficient (Wildman–Crippen LogP) is 4.98. The summed E-state index contributed by atoms with van der Waals surface area (Å²) in [5, 5.41) is 25.2. The number of aromatic hydroxyl groups is 1. The number of carboxylic acid groups (broad SMARTS) is 1. The fourth-order valence-electron chi connectivity index (χ4n) is 4.53. The molecule has 0 fully saturated rings. The Kier molecular flexibility index (Phi) is 8.05. The van der Waals surface area contributed by atoms with Crippen molar-refractivity contribution in [3.05, 3.63) is 86.3 Å². The number of benzene rings is 2. The second-order valence-corrected chi connectivity index (χ2v) is 9.26.